The first-order chi connectivity index (χ1) is 18.7. The lowest BCUT2D eigenvalue weighted by atomic mass is 10.0. The SMILES string of the molecule is CC(C)C[C@H]1NC(=O)C[C@@H](C(=O)NCCCN2CCCCCC2)NC(=O)c2ccccc2OCCN(C)C1=O. The van der Waals surface area contributed by atoms with Gasteiger partial charge >= 0.3 is 0 Å². The number of hydrogen-bond donors (Lipinski definition) is 3. The van der Waals surface area contributed by atoms with Crippen molar-refractivity contribution in [2.45, 2.75) is 70.9 Å². The number of likely N-dealkylation sites (N-methyl/N-ethyl adjacent to an activating group) is 1. The summed E-state index contributed by atoms with van der Waals surface area (Å²) in [5.41, 5.74) is 0.264. The highest BCUT2D eigenvalue weighted by atomic mass is 16.5. The van der Waals surface area contributed by atoms with Crippen LogP contribution in [0.1, 0.15) is 69.2 Å². The molecule has 1 aromatic rings. The number of para-hydroxylation sites is 1. The van der Waals surface area contributed by atoms with Gasteiger partial charge in [-0.25, -0.2) is 0 Å². The van der Waals surface area contributed by atoms with Crippen molar-refractivity contribution in [3.05, 3.63) is 29.8 Å². The molecule has 10 nitrogen and oxygen atoms in total. The topological polar surface area (TPSA) is 120 Å². The molecule has 3 rings (SSSR count). The predicted octanol–water partition coefficient (Wildman–Crippen LogP) is 1.94. The van der Waals surface area contributed by atoms with Crippen molar-refractivity contribution < 1.29 is 23.9 Å². The number of hydrogen-bond acceptors (Lipinski definition) is 6. The lowest BCUT2D eigenvalue weighted by Crippen LogP contribution is -2.53. The molecule has 0 aromatic heterocycles. The lowest BCUT2D eigenvalue weighted by Gasteiger charge is -2.27. The van der Waals surface area contributed by atoms with E-state index >= 15 is 0 Å². The minimum absolute atomic E-state index is 0.164. The Morgan fingerprint density at radius 2 is 1.77 bits per heavy atom. The van der Waals surface area contributed by atoms with Crippen LogP contribution in [0.4, 0.5) is 0 Å². The Labute approximate surface area is 232 Å². The van der Waals surface area contributed by atoms with Gasteiger partial charge in [0.25, 0.3) is 5.91 Å². The number of nitrogens with one attached hydrogen (secondary N) is 3. The first-order valence-corrected chi connectivity index (χ1v) is 14.3. The lowest BCUT2D eigenvalue weighted by molar-refractivity contribution is -0.136. The van der Waals surface area contributed by atoms with Crippen molar-refractivity contribution in [3.63, 3.8) is 0 Å². The van der Waals surface area contributed by atoms with E-state index < -0.39 is 29.8 Å². The van der Waals surface area contributed by atoms with Gasteiger partial charge in [-0.3, -0.25) is 19.2 Å². The number of carbonyl (C=O) groups excluding carboxylic acids is 4. The molecule has 4 amide bonds. The van der Waals surface area contributed by atoms with Crippen LogP contribution in [0, 0.1) is 5.92 Å². The third-order valence-corrected chi connectivity index (χ3v) is 7.19. The highest BCUT2D eigenvalue weighted by Crippen LogP contribution is 2.19. The van der Waals surface area contributed by atoms with Crippen molar-refractivity contribution in [1.29, 1.82) is 0 Å². The van der Waals surface area contributed by atoms with Gasteiger partial charge in [-0.05, 0) is 63.4 Å². The van der Waals surface area contributed by atoms with E-state index in [1.54, 1.807) is 31.3 Å². The molecule has 0 radical (unpaired) electrons. The highest BCUT2D eigenvalue weighted by molar-refractivity contribution is 6.01. The second-order valence-electron chi connectivity index (χ2n) is 11.0. The molecule has 0 unspecified atom stereocenters. The van der Waals surface area contributed by atoms with Crippen LogP contribution in [-0.2, 0) is 14.4 Å². The largest absolute Gasteiger partial charge is 0.491 e. The van der Waals surface area contributed by atoms with Crippen LogP contribution in [-0.4, -0.2) is 91.9 Å². The molecule has 0 bridgehead atoms. The molecule has 0 aliphatic carbocycles. The molecule has 2 heterocycles. The van der Waals surface area contributed by atoms with Crippen LogP contribution in [0.25, 0.3) is 0 Å². The van der Waals surface area contributed by atoms with Gasteiger partial charge in [-0.1, -0.05) is 38.8 Å². The van der Waals surface area contributed by atoms with Gasteiger partial charge in [-0.15, -0.1) is 0 Å². The van der Waals surface area contributed by atoms with Gasteiger partial charge < -0.3 is 30.5 Å². The fraction of sp³-hybridized carbons (Fsp3) is 0.655. The number of amides is 4. The summed E-state index contributed by atoms with van der Waals surface area (Å²) >= 11 is 0. The van der Waals surface area contributed by atoms with Crippen molar-refractivity contribution in [2.24, 2.45) is 5.92 Å². The Morgan fingerprint density at radius 3 is 2.49 bits per heavy atom. The maximum Gasteiger partial charge on any atom is 0.255 e. The number of nitrogens with zero attached hydrogens (tertiary/aromatic N) is 2. The van der Waals surface area contributed by atoms with Crippen LogP contribution in [0.5, 0.6) is 5.75 Å². The van der Waals surface area contributed by atoms with Crippen LogP contribution in [0.2, 0.25) is 0 Å². The molecule has 2 atom stereocenters. The monoisotopic (exact) mass is 543 g/mol. The number of fused-ring (bicyclic) bond motifs is 1. The number of carbonyl (C=O) groups is 4. The number of rotatable bonds is 7. The normalized spacial score (nSPS) is 22.2. The van der Waals surface area contributed by atoms with E-state index in [0.717, 1.165) is 26.1 Å². The first-order valence-electron chi connectivity index (χ1n) is 14.3. The Morgan fingerprint density at radius 1 is 1.05 bits per heavy atom. The molecule has 2 aliphatic rings. The predicted molar refractivity (Wildman–Crippen MR) is 149 cm³/mol. The van der Waals surface area contributed by atoms with E-state index in [1.165, 1.54) is 30.6 Å². The molecule has 1 saturated heterocycles. The van der Waals surface area contributed by atoms with Crippen molar-refractivity contribution in [2.75, 3.05) is 46.4 Å². The number of ether oxygens (including phenoxy) is 1. The molecular formula is C29H45N5O5. The molecule has 216 valence electrons. The highest BCUT2D eigenvalue weighted by Gasteiger charge is 2.30. The van der Waals surface area contributed by atoms with Crippen molar-refractivity contribution in [3.8, 4) is 5.75 Å². The summed E-state index contributed by atoms with van der Waals surface area (Å²) in [6.07, 6.45) is 5.91. The average molecular weight is 544 g/mol. The molecule has 0 spiro atoms. The number of likely N-dealkylation sites (tertiary alicyclic amines) is 1. The van der Waals surface area contributed by atoms with E-state index in [-0.39, 0.29) is 30.4 Å². The Hall–Kier alpha value is -3.14. The number of benzene rings is 1. The van der Waals surface area contributed by atoms with Gasteiger partial charge in [0, 0.05) is 13.6 Å². The van der Waals surface area contributed by atoms with E-state index in [1.807, 2.05) is 13.8 Å². The summed E-state index contributed by atoms with van der Waals surface area (Å²) in [6, 6.07) is 4.92. The molecular weight excluding hydrogens is 498 g/mol. The van der Waals surface area contributed by atoms with Crippen LogP contribution in [0.3, 0.4) is 0 Å². The van der Waals surface area contributed by atoms with E-state index in [4.69, 9.17) is 4.74 Å². The second-order valence-corrected chi connectivity index (χ2v) is 11.0. The third-order valence-electron chi connectivity index (χ3n) is 7.19. The van der Waals surface area contributed by atoms with Gasteiger partial charge in [0.05, 0.1) is 18.5 Å². The third kappa shape index (κ3) is 9.84. The fourth-order valence-electron chi connectivity index (χ4n) is 5.02. The average Bonchev–Trinajstić information content (AvgIpc) is 3.18. The van der Waals surface area contributed by atoms with E-state index in [2.05, 4.69) is 20.9 Å². The van der Waals surface area contributed by atoms with Crippen LogP contribution >= 0.6 is 0 Å². The summed E-state index contributed by atoms with van der Waals surface area (Å²) in [4.78, 5) is 56.6. The summed E-state index contributed by atoms with van der Waals surface area (Å²) in [7, 11) is 1.66. The molecule has 1 aromatic carbocycles. The molecule has 39 heavy (non-hydrogen) atoms. The Bertz CT molecular complexity index is 977. The minimum atomic E-state index is -1.10. The summed E-state index contributed by atoms with van der Waals surface area (Å²) < 4.78 is 5.85. The standard InChI is InChI=1S/C29H45N5O5/c1-21(2)19-24-29(38)33(3)17-18-39-25-12-7-6-11-22(25)27(36)32-23(20-26(35)31-24)28(37)30-13-10-16-34-14-8-4-5-9-15-34/h6-7,11-12,21,23-24H,4-5,8-10,13-20H2,1-3H3,(H,30,37)(H,31,35)(H,32,36)/t23-,24+/m0/s1. The van der Waals surface area contributed by atoms with E-state index in [0.29, 0.717) is 25.3 Å². The van der Waals surface area contributed by atoms with Crippen LogP contribution < -0.4 is 20.7 Å². The molecule has 1 fully saturated rings. The zero-order chi connectivity index (χ0) is 28.2. The Kier molecular flexibility index (Phi) is 12.0. The maximum atomic E-state index is 13.2. The fourth-order valence-corrected chi connectivity index (χ4v) is 5.02. The first kappa shape index (κ1) is 30.4. The minimum Gasteiger partial charge on any atom is -0.491 e. The smallest absolute Gasteiger partial charge is 0.255 e. The van der Waals surface area contributed by atoms with E-state index in [9.17, 15) is 19.2 Å². The molecule has 2 aliphatic heterocycles. The molecule has 0 saturated carbocycles. The summed E-state index contributed by atoms with van der Waals surface area (Å²) in [5.74, 6) is -1.09. The summed E-state index contributed by atoms with van der Waals surface area (Å²) in [6.45, 7) is 7.94. The zero-order valence-electron chi connectivity index (χ0n) is 23.7. The van der Waals surface area contributed by atoms with Crippen LogP contribution in [0.15, 0.2) is 24.3 Å². The van der Waals surface area contributed by atoms with Crippen molar-refractivity contribution in [1.82, 2.24) is 25.8 Å². The molecule has 3 N–H and O–H groups in total. The van der Waals surface area contributed by atoms with Gasteiger partial charge in [0.1, 0.15) is 24.4 Å². The second kappa shape index (κ2) is 15.5. The maximum absolute atomic E-state index is 13.2. The molecule has 10 heteroatoms. The van der Waals surface area contributed by atoms with Crippen molar-refractivity contribution >= 4 is 23.6 Å². The Balaban J connectivity index is 1.73. The van der Waals surface area contributed by atoms with Gasteiger partial charge in [0.15, 0.2) is 0 Å². The zero-order valence-corrected chi connectivity index (χ0v) is 23.7. The summed E-state index contributed by atoms with van der Waals surface area (Å²) in [5, 5.41) is 8.44. The van der Waals surface area contributed by atoms with Gasteiger partial charge in [-0.2, -0.15) is 0 Å². The van der Waals surface area contributed by atoms with Gasteiger partial charge in [0.2, 0.25) is 17.7 Å². The quantitative estimate of drug-likeness (QED) is 0.452.